The summed E-state index contributed by atoms with van der Waals surface area (Å²) >= 11 is 0. The normalized spacial score (nSPS) is 10.4. The van der Waals surface area contributed by atoms with E-state index in [0.717, 1.165) is 5.69 Å². The zero-order valence-electron chi connectivity index (χ0n) is 10.4. The summed E-state index contributed by atoms with van der Waals surface area (Å²) < 4.78 is 2.81. The third kappa shape index (κ3) is 2.24. The van der Waals surface area contributed by atoms with Gasteiger partial charge in [-0.15, -0.1) is 0 Å². The van der Waals surface area contributed by atoms with Crippen LogP contribution in [0.1, 0.15) is 0 Å². The van der Waals surface area contributed by atoms with Gasteiger partial charge in [0.25, 0.3) is 0 Å². The Morgan fingerprint density at radius 2 is 2.00 bits per heavy atom. The summed E-state index contributed by atoms with van der Waals surface area (Å²) in [5.74, 6) is 0. The van der Waals surface area contributed by atoms with Gasteiger partial charge < -0.3 is 10.3 Å². The summed E-state index contributed by atoms with van der Waals surface area (Å²) in [4.78, 5) is 29.6. The lowest BCUT2D eigenvalue weighted by molar-refractivity contribution is 0.253. The molecule has 0 unspecified atom stereocenters. The van der Waals surface area contributed by atoms with Crippen LogP contribution >= 0.6 is 0 Å². The summed E-state index contributed by atoms with van der Waals surface area (Å²) in [6.07, 6.45) is 7.71. The van der Waals surface area contributed by atoms with Crippen molar-refractivity contribution in [3.8, 4) is 5.69 Å². The van der Waals surface area contributed by atoms with E-state index < -0.39 is 0 Å². The van der Waals surface area contributed by atoms with Crippen LogP contribution in [-0.2, 0) is 0 Å². The molecule has 0 atom stereocenters. The Kier molecular flexibility index (Phi) is 2.92. The van der Waals surface area contributed by atoms with E-state index in [0.29, 0.717) is 5.69 Å². The average molecular weight is 269 g/mol. The van der Waals surface area contributed by atoms with E-state index in [1.165, 1.54) is 21.7 Å². The number of nitrogens with one attached hydrogen (secondary N) is 2. The first kappa shape index (κ1) is 12.0. The van der Waals surface area contributed by atoms with Crippen LogP contribution in [-0.4, -0.2) is 25.1 Å². The summed E-state index contributed by atoms with van der Waals surface area (Å²) in [6.45, 7) is 0. The van der Waals surface area contributed by atoms with E-state index in [1.807, 2.05) is 0 Å². The van der Waals surface area contributed by atoms with Crippen LogP contribution in [0, 0.1) is 0 Å². The molecule has 0 aliphatic rings. The predicted octanol–water partition coefficient (Wildman–Crippen LogP) is 1.44. The summed E-state index contributed by atoms with van der Waals surface area (Å²) in [6, 6.07) is 6.65. The largest absolute Gasteiger partial charge is 0.331 e. The van der Waals surface area contributed by atoms with Gasteiger partial charge in [0.15, 0.2) is 0 Å². The molecule has 1 aromatic carbocycles. The molecule has 2 aromatic heterocycles. The third-order valence-corrected chi connectivity index (χ3v) is 2.78. The van der Waals surface area contributed by atoms with Gasteiger partial charge in [0.1, 0.15) is 6.33 Å². The van der Waals surface area contributed by atoms with Crippen LogP contribution in [0.15, 0.2) is 60.2 Å². The van der Waals surface area contributed by atoms with Gasteiger partial charge in [-0.25, -0.2) is 14.6 Å². The van der Waals surface area contributed by atoms with Crippen LogP contribution in [0.4, 0.5) is 10.5 Å². The van der Waals surface area contributed by atoms with Crippen LogP contribution in [0.5, 0.6) is 0 Å². The van der Waals surface area contributed by atoms with Gasteiger partial charge in [-0.05, 0) is 24.3 Å². The van der Waals surface area contributed by atoms with Crippen molar-refractivity contribution in [1.82, 2.24) is 19.1 Å². The maximum atomic E-state index is 11.8. The molecule has 7 heteroatoms. The summed E-state index contributed by atoms with van der Waals surface area (Å²) in [5.41, 5.74) is 1.15. The van der Waals surface area contributed by atoms with E-state index in [9.17, 15) is 9.59 Å². The van der Waals surface area contributed by atoms with Crippen LogP contribution < -0.4 is 11.0 Å². The van der Waals surface area contributed by atoms with Gasteiger partial charge in [-0.1, -0.05) is 0 Å². The fourth-order valence-corrected chi connectivity index (χ4v) is 1.80. The van der Waals surface area contributed by atoms with Gasteiger partial charge in [0.2, 0.25) is 0 Å². The number of carbonyl (C=O) groups is 1. The highest BCUT2D eigenvalue weighted by atomic mass is 16.2. The highest BCUT2D eigenvalue weighted by Gasteiger charge is 2.04. The summed E-state index contributed by atoms with van der Waals surface area (Å²) in [7, 11) is 0. The number of amides is 1. The molecular formula is C13H11N5O2. The number of aromatic amines is 1. The Labute approximate surface area is 113 Å². The molecule has 100 valence electrons. The van der Waals surface area contributed by atoms with Crippen molar-refractivity contribution in [3.63, 3.8) is 0 Å². The van der Waals surface area contributed by atoms with E-state index >= 15 is 0 Å². The molecule has 0 aliphatic carbocycles. The second-order valence-electron chi connectivity index (χ2n) is 4.08. The van der Waals surface area contributed by atoms with Crippen LogP contribution in [0.3, 0.4) is 0 Å². The molecule has 0 bridgehead atoms. The van der Waals surface area contributed by atoms with Crippen LogP contribution in [0.25, 0.3) is 5.69 Å². The lowest BCUT2D eigenvalue weighted by Gasteiger charge is -2.06. The Hall–Kier alpha value is -3.09. The second kappa shape index (κ2) is 4.88. The first-order valence-corrected chi connectivity index (χ1v) is 5.90. The number of rotatable bonds is 2. The Bertz CT molecular complexity index is 768. The van der Waals surface area contributed by atoms with E-state index in [2.05, 4.69) is 15.3 Å². The smallest absolute Gasteiger partial charge is 0.312 e. The standard InChI is InChI=1S/C13H11N5O2/c19-12-15-6-8-18(12)11-3-1-10(2-4-11)16-13(20)17-7-5-14-9-17/h1-9H,(H,15,19)(H,16,20). The van der Waals surface area contributed by atoms with Crippen molar-refractivity contribution in [1.29, 1.82) is 0 Å². The lowest BCUT2D eigenvalue weighted by atomic mass is 10.3. The topological polar surface area (TPSA) is 84.7 Å². The Balaban J connectivity index is 1.79. The molecule has 3 rings (SSSR count). The van der Waals surface area contributed by atoms with Crippen molar-refractivity contribution in [3.05, 3.63) is 65.9 Å². The number of nitrogens with zero attached hydrogens (tertiary/aromatic N) is 3. The first-order valence-electron chi connectivity index (χ1n) is 5.90. The maximum Gasteiger partial charge on any atom is 0.331 e. The molecule has 0 aliphatic heterocycles. The number of carbonyl (C=O) groups excluding carboxylic acids is 1. The molecule has 0 saturated heterocycles. The average Bonchev–Trinajstić information content (AvgIpc) is 3.11. The second-order valence-corrected chi connectivity index (χ2v) is 4.08. The quantitative estimate of drug-likeness (QED) is 0.738. The van der Waals surface area contributed by atoms with E-state index in [4.69, 9.17) is 0 Å². The summed E-state index contributed by atoms with van der Waals surface area (Å²) in [5, 5.41) is 2.72. The predicted molar refractivity (Wildman–Crippen MR) is 73.0 cm³/mol. The van der Waals surface area contributed by atoms with Gasteiger partial charge in [-0.2, -0.15) is 0 Å². The number of imidazole rings is 2. The highest BCUT2D eigenvalue weighted by molar-refractivity contribution is 5.90. The number of anilines is 1. The molecule has 0 radical (unpaired) electrons. The molecular weight excluding hydrogens is 258 g/mol. The van der Waals surface area contributed by atoms with E-state index in [-0.39, 0.29) is 11.7 Å². The molecule has 2 N–H and O–H groups in total. The number of H-pyrrole nitrogens is 1. The number of hydrogen-bond donors (Lipinski definition) is 2. The molecule has 7 nitrogen and oxygen atoms in total. The molecule has 3 aromatic rings. The minimum absolute atomic E-state index is 0.208. The maximum absolute atomic E-state index is 11.8. The number of aromatic nitrogens is 4. The van der Waals surface area contributed by atoms with Gasteiger partial charge in [0.05, 0.1) is 5.69 Å². The fraction of sp³-hybridized carbons (Fsp3) is 0. The molecule has 0 spiro atoms. The highest BCUT2D eigenvalue weighted by Crippen LogP contribution is 2.12. The number of hydrogen-bond acceptors (Lipinski definition) is 3. The van der Waals surface area contributed by atoms with Gasteiger partial charge >= 0.3 is 11.7 Å². The molecule has 1 amide bonds. The van der Waals surface area contributed by atoms with Crippen LogP contribution in [0.2, 0.25) is 0 Å². The number of benzene rings is 1. The third-order valence-electron chi connectivity index (χ3n) is 2.78. The van der Waals surface area contributed by atoms with E-state index in [1.54, 1.807) is 42.9 Å². The van der Waals surface area contributed by atoms with Crippen molar-refractivity contribution >= 4 is 11.7 Å². The molecule has 20 heavy (non-hydrogen) atoms. The van der Waals surface area contributed by atoms with Crippen molar-refractivity contribution < 1.29 is 4.79 Å². The lowest BCUT2D eigenvalue weighted by Crippen LogP contribution is -2.18. The SMILES string of the molecule is O=C(Nc1ccc(-n2cc[nH]c2=O)cc1)n1ccnc1. The van der Waals surface area contributed by atoms with Gasteiger partial charge in [0, 0.05) is 30.5 Å². The first-order chi connectivity index (χ1) is 9.74. The van der Waals surface area contributed by atoms with Crippen molar-refractivity contribution in [2.75, 3.05) is 5.32 Å². The molecule has 2 heterocycles. The minimum atomic E-state index is -0.297. The molecule has 0 saturated carbocycles. The molecule has 0 fully saturated rings. The van der Waals surface area contributed by atoms with Crippen molar-refractivity contribution in [2.24, 2.45) is 0 Å². The fourth-order valence-electron chi connectivity index (χ4n) is 1.80. The zero-order chi connectivity index (χ0) is 13.9. The Morgan fingerprint density at radius 1 is 1.20 bits per heavy atom. The monoisotopic (exact) mass is 269 g/mol. The van der Waals surface area contributed by atoms with Gasteiger partial charge in [-0.3, -0.25) is 9.13 Å². The Morgan fingerprint density at radius 3 is 2.60 bits per heavy atom. The minimum Gasteiger partial charge on any atom is -0.312 e. The van der Waals surface area contributed by atoms with Crippen molar-refractivity contribution in [2.45, 2.75) is 0 Å². The zero-order valence-corrected chi connectivity index (χ0v) is 10.4.